The van der Waals surface area contributed by atoms with Crippen LogP contribution in [0.3, 0.4) is 0 Å². The Morgan fingerprint density at radius 2 is 2.25 bits per heavy atom. The second kappa shape index (κ2) is 8.30. The zero-order valence-electron chi connectivity index (χ0n) is 12.2. The maximum absolute atomic E-state index is 12.5. The van der Waals surface area contributed by atoms with Crippen molar-refractivity contribution in [3.63, 3.8) is 0 Å². The van der Waals surface area contributed by atoms with Crippen molar-refractivity contribution in [1.29, 1.82) is 0 Å². The van der Waals surface area contributed by atoms with E-state index in [1.54, 1.807) is 0 Å². The van der Waals surface area contributed by atoms with Crippen LogP contribution < -0.4 is 5.32 Å². The summed E-state index contributed by atoms with van der Waals surface area (Å²) in [6.07, 6.45) is -3.76. The smallest absolute Gasteiger partial charge is 0.354 e. The third-order valence-electron chi connectivity index (χ3n) is 2.96. The standard InChI is InChI=1S/C13H13ClF3N3O2S2/c14-9-3-8(13(15,16)17)4-19-12(9)24-2-1-18-10(21)5-20-7-23-6-11(20)22/h3-4H,1-2,5-7H2,(H,18,21). The minimum atomic E-state index is -4.49. The van der Waals surface area contributed by atoms with Gasteiger partial charge in [0.2, 0.25) is 11.8 Å². The minimum Gasteiger partial charge on any atom is -0.354 e. The van der Waals surface area contributed by atoms with Gasteiger partial charge in [0.25, 0.3) is 0 Å². The summed E-state index contributed by atoms with van der Waals surface area (Å²) in [5.74, 6) is 0.947. The number of halogens is 4. The molecule has 5 nitrogen and oxygen atoms in total. The Labute approximate surface area is 149 Å². The number of thioether (sulfide) groups is 2. The highest BCUT2D eigenvalue weighted by Crippen LogP contribution is 2.33. The van der Waals surface area contributed by atoms with Crippen LogP contribution in [0, 0.1) is 0 Å². The molecule has 0 bridgehead atoms. The fourth-order valence-electron chi connectivity index (χ4n) is 1.79. The highest BCUT2D eigenvalue weighted by molar-refractivity contribution is 8.00. The molecule has 132 valence electrons. The van der Waals surface area contributed by atoms with Crippen LogP contribution in [0.25, 0.3) is 0 Å². The van der Waals surface area contributed by atoms with Gasteiger partial charge in [-0.05, 0) is 6.07 Å². The summed E-state index contributed by atoms with van der Waals surface area (Å²) in [5, 5.41) is 2.83. The van der Waals surface area contributed by atoms with E-state index in [1.807, 2.05) is 0 Å². The molecule has 1 aliphatic rings. The third kappa shape index (κ3) is 5.45. The molecule has 1 aliphatic heterocycles. The van der Waals surface area contributed by atoms with Crippen LogP contribution in [0.5, 0.6) is 0 Å². The normalized spacial score (nSPS) is 15.0. The second-order valence-corrected chi connectivity index (χ2v) is 7.22. The molecule has 0 atom stereocenters. The molecule has 1 fully saturated rings. The van der Waals surface area contributed by atoms with E-state index in [0.29, 0.717) is 17.4 Å². The van der Waals surface area contributed by atoms with E-state index in [1.165, 1.54) is 16.7 Å². The molecule has 0 aliphatic carbocycles. The lowest BCUT2D eigenvalue weighted by atomic mass is 10.3. The molecule has 1 aromatic heterocycles. The number of hydrogen-bond donors (Lipinski definition) is 1. The molecule has 0 aromatic carbocycles. The van der Waals surface area contributed by atoms with Crippen LogP contribution in [0.15, 0.2) is 17.3 Å². The topological polar surface area (TPSA) is 62.3 Å². The molecule has 24 heavy (non-hydrogen) atoms. The molecule has 1 saturated heterocycles. The van der Waals surface area contributed by atoms with Gasteiger partial charge in [0, 0.05) is 18.5 Å². The fourth-order valence-corrected chi connectivity index (χ4v) is 3.75. The van der Waals surface area contributed by atoms with Crippen LogP contribution in [-0.4, -0.2) is 52.2 Å². The van der Waals surface area contributed by atoms with Crippen molar-refractivity contribution in [1.82, 2.24) is 15.2 Å². The largest absolute Gasteiger partial charge is 0.417 e. The lowest BCUT2D eigenvalue weighted by Gasteiger charge is -2.14. The van der Waals surface area contributed by atoms with Crippen molar-refractivity contribution in [2.24, 2.45) is 0 Å². The maximum atomic E-state index is 12.5. The monoisotopic (exact) mass is 399 g/mol. The average molecular weight is 400 g/mol. The van der Waals surface area contributed by atoms with E-state index in [-0.39, 0.29) is 35.0 Å². The maximum Gasteiger partial charge on any atom is 0.417 e. The predicted molar refractivity (Wildman–Crippen MR) is 87.0 cm³/mol. The molecule has 0 radical (unpaired) electrons. The Morgan fingerprint density at radius 1 is 1.50 bits per heavy atom. The number of aromatic nitrogens is 1. The van der Waals surface area contributed by atoms with Crippen LogP contribution in [0.4, 0.5) is 13.2 Å². The highest BCUT2D eigenvalue weighted by Gasteiger charge is 2.31. The summed E-state index contributed by atoms with van der Waals surface area (Å²) in [7, 11) is 0. The lowest BCUT2D eigenvalue weighted by Crippen LogP contribution is -2.38. The molecule has 0 unspecified atom stereocenters. The number of amides is 2. The molecule has 2 amide bonds. The van der Waals surface area contributed by atoms with E-state index >= 15 is 0 Å². The molecule has 2 rings (SSSR count). The molecule has 2 heterocycles. The van der Waals surface area contributed by atoms with Crippen LogP contribution >= 0.6 is 35.1 Å². The quantitative estimate of drug-likeness (QED) is 0.588. The number of carbonyl (C=O) groups excluding carboxylic acids is 2. The summed E-state index contributed by atoms with van der Waals surface area (Å²) in [6.45, 7) is 0.299. The zero-order chi connectivity index (χ0) is 17.7. The van der Waals surface area contributed by atoms with E-state index in [4.69, 9.17) is 11.6 Å². The van der Waals surface area contributed by atoms with Crippen molar-refractivity contribution in [3.8, 4) is 0 Å². The number of pyridine rings is 1. The van der Waals surface area contributed by atoms with Gasteiger partial charge in [-0.1, -0.05) is 11.6 Å². The molecule has 11 heteroatoms. The van der Waals surface area contributed by atoms with E-state index in [9.17, 15) is 22.8 Å². The Balaban J connectivity index is 1.74. The fraction of sp³-hybridized carbons (Fsp3) is 0.462. The van der Waals surface area contributed by atoms with Gasteiger partial charge in [-0.3, -0.25) is 9.59 Å². The third-order valence-corrected chi connectivity index (χ3v) is 5.31. The van der Waals surface area contributed by atoms with E-state index < -0.39 is 11.7 Å². The summed E-state index contributed by atoms with van der Waals surface area (Å²) >= 11 is 8.38. The number of nitrogens with zero attached hydrogens (tertiary/aromatic N) is 2. The van der Waals surface area contributed by atoms with Gasteiger partial charge >= 0.3 is 6.18 Å². The molecule has 0 spiro atoms. The Morgan fingerprint density at radius 3 is 2.83 bits per heavy atom. The van der Waals surface area contributed by atoms with Crippen molar-refractivity contribution < 1.29 is 22.8 Å². The second-order valence-electron chi connectivity index (χ2n) is 4.78. The number of rotatable bonds is 6. The molecule has 0 saturated carbocycles. The van der Waals surface area contributed by atoms with Crippen LogP contribution in [0.1, 0.15) is 5.56 Å². The molecule has 1 aromatic rings. The summed E-state index contributed by atoms with van der Waals surface area (Å²) < 4.78 is 37.5. The Hall–Kier alpha value is -1.13. The van der Waals surface area contributed by atoms with E-state index in [0.717, 1.165) is 24.0 Å². The molecular weight excluding hydrogens is 387 g/mol. The minimum absolute atomic E-state index is 0.00971. The van der Waals surface area contributed by atoms with Crippen molar-refractivity contribution >= 4 is 46.9 Å². The first kappa shape index (κ1) is 19.2. The first-order chi connectivity index (χ1) is 11.3. The number of hydrogen-bond acceptors (Lipinski definition) is 5. The van der Waals surface area contributed by atoms with Gasteiger partial charge < -0.3 is 10.2 Å². The number of nitrogens with one attached hydrogen (secondary N) is 1. The first-order valence-electron chi connectivity index (χ1n) is 6.75. The van der Waals surface area contributed by atoms with Gasteiger partial charge in [0.1, 0.15) is 11.6 Å². The van der Waals surface area contributed by atoms with Crippen molar-refractivity contribution in [2.45, 2.75) is 11.2 Å². The first-order valence-corrected chi connectivity index (χ1v) is 9.27. The van der Waals surface area contributed by atoms with E-state index in [2.05, 4.69) is 10.3 Å². The van der Waals surface area contributed by atoms with Crippen molar-refractivity contribution in [3.05, 3.63) is 22.8 Å². The van der Waals surface area contributed by atoms with Gasteiger partial charge in [0.15, 0.2) is 0 Å². The SMILES string of the molecule is O=C(CN1CSCC1=O)NCCSc1ncc(C(F)(F)F)cc1Cl. The van der Waals surface area contributed by atoms with Gasteiger partial charge in [-0.25, -0.2) is 4.98 Å². The average Bonchev–Trinajstić information content (AvgIpc) is 2.89. The lowest BCUT2D eigenvalue weighted by molar-refractivity contribution is -0.137. The zero-order valence-corrected chi connectivity index (χ0v) is 14.6. The van der Waals surface area contributed by atoms with Gasteiger partial charge in [0.05, 0.1) is 22.2 Å². The number of alkyl halides is 3. The molecule has 1 N–H and O–H groups in total. The van der Waals surface area contributed by atoms with Crippen LogP contribution in [-0.2, 0) is 15.8 Å². The highest BCUT2D eigenvalue weighted by atomic mass is 35.5. The number of carbonyl (C=O) groups is 2. The summed E-state index contributed by atoms with van der Waals surface area (Å²) in [6, 6.07) is 0.826. The van der Waals surface area contributed by atoms with Crippen molar-refractivity contribution in [2.75, 3.05) is 30.5 Å². The predicted octanol–water partition coefficient (Wildman–Crippen LogP) is 2.50. The van der Waals surface area contributed by atoms with Gasteiger partial charge in [-0.2, -0.15) is 13.2 Å². The Bertz CT molecular complexity index is 631. The van der Waals surface area contributed by atoms with Gasteiger partial charge in [-0.15, -0.1) is 23.5 Å². The van der Waals surface area contributed by atoms with Crippen LogP contribution in [0.2, 0.25) is 5.02 Å². The summed E-state index contributed by atoms with van der Waals surface area (Å²) in [4.78, 5) is 28.2. The summed E-state index contributed by atoms with van der Waals surface area (Å²) in [5.41, 5.74) is -0.904. The Kier molecular flexibility index (Phi) is 6.64. The molecular formula is C13H13ClF3N3O2S2.